The smallest absolute Gasteiger partial charge is 0.254 e. The van der Waals surface area contributed by atoms with Gasteiger partial charge in [0.25, 0.3) is 5.91 Å². The zero-order valence-corrected chi connectivity index (χ0v) is 19.0. The number of sulfonamides is 1. The van der Waals surface area contributed by atoms with Gasteiger partial charge in [-0.15, -0.1) is 0 Å². The Hall–Kier alpha value is -2.70. The van der Waals surface area contributed by atoms with Gasteiger partial charge in [0, 0.05) is 31.7 Å². The summed E-state index contributed by atoms with van der Waals surface area (Å²) in [4.78, 5) is 15.2. The normalized spacial score (nSPS) is 15.9. The number of rotatable bonds is 3. The Labute approximate surface area is 184 Å². The SMILES string of the molecule is CC(C)(C)c1ccc(S(=O)(=O)N2CCN(C(=O)c3cccc4ccccc34)CC2)cc1. The summed E-state index contributed by atoms with van der Waals surface area (Å²) in [6.45, 7) is 7.64. The Morgan fingerprint density at radius 2 is 1.42 bits per heavy atom. The molecular formula is C25H28N2O3S. The molecule has 3 aromatic carbocycles. The van der Waals surface area contributed by atoms with Crippen LogP contribution in [0.15, 0.2) is 71.6 Å². The van der Waals surface area contributed by atoms with Gasteiger partial charge in [-0.05, 0) is 39.9 Å². The lowest BCUT2D eigenvalue weighted by atomic mass is 9.87. The number of hydrogen-bond donors (Lipinski definition) is 0. The van der Waals surface area contributed by atoms with E-state index < -0.39 is 10.0 Å². The Balaban J connectivity index is 1.48. The second kappa shape index (κ2) is 8.09. The van der Waals surface area contributed by atoms with E-state index in [-0.39, 0.29) is 11.3 Å². The van der Waals surface area contributed by atoms with Crippen LogP contribution in [0.25, 0.3) is 10.8 Å². The van der Waals surface area contributed by atoms with Gasteiger partial charge in [-0.25, -0.2) is 8.42 Å². The zero-order valence-electron chi connectivity index (χ0n) is 18.2. The number of hydrogen-bond acceptors (Lipinski definition) is 3. The summed E-state index contributed by atoms with van der Waals surface area (Å²) in [5, 5.41) is 1.94. The maximum Gasteiger partial charge on any atom is 0.254 e. The van der Waals surface area contributed by atoms with Gasteiger partial charge in [-0.2, -0.15) is 4.31 Å². The summed E-state index contributed by atoms with van der Waals surface area (Å²) in [6.07, 6.45) is 0. The second-order valence-corrected chi connectivity index (χ2v) is 10.9. The van der Waals surface area contributed by atoms with Crippen molar-refractivity contribution in [3.63, 3.8) is 0 Å². The van der Waals surface area contributed by atoms with E-state index in [1.54, 1.807) is 17.0 Å². The molecule has 0 aliphatic carbocycles. The van der Waals surface area contributed by atoms with Crippen LogP contribution in [0.4, 0.5) is 0 Å². The summed E-state index contributed by atoms with van der Waals surface area (Å²) in [7, 11) is -3.58. The minimum absolute atomic E-state index is 0.0319. The second-order valence-electron chi connectivity index (χ2n) is 9.00. The first-order valence-electron chi connectivity index (χ1n) is 10.6. The first-order chi connectivity index (χ1) is 14.7. The number of fused-ring (bicyclic) bond motifs is 1. The third kappa shape index (κ3) is 4.23. The van der Waals surface area contributed by atoms with Crippen LogP contribution < -0.4 is 0 Å². The van der Waals surface area contributed by atoms with E-state index in [9.17, 15) is 13.2 Å². The standard InChI is InChI=1S/C25H28N2O3S/c1-25(2,3)20-11-13-21(14-12-20)31(29,30)27-17-15-26(16-18-27)24(28)23-10-6-8-19-7-4-5-9-22(19)23/h4-14H,15-18H2,1-3H3. The fourth-order valence-corrected chi connectivity index (χ4v) is 5.41. The molecule has 0 N–H and O–H groups in total. The van der Waals surface area contributed by atoms with Gasteiger partial charge in [-0.1, -0.05) is 69.3 Å². The summed E-state index contributed by atoms with van der Waals surface area (Å²) >= 11 is 0. The van der Waals surface area contributed by atoms with Gasteiger partial charge in [0.1, 0.15) is 0 Å². The molecule has 0 radical (unpaired) electrons. The Morgan fingerprint density at radius 3 is 2.06 bits per heavy atom. The van der Waals surface area contributed by atoms with Crippen molar-refractivity contribution in [3.8, 4) is 0 Å². The van der Waals surface area contributed by atoms with E-state index in [4.69, 9.17) is 0 Å². The van der Waals surface area contributed by atoms with Crippen LogP contribution in [0, 0.1) is 0 Å². The first kappa shape index (κ1) is 21.5. The Bertz CT molecular complexity index is 1200. The van der Waals surface area contributed by atoms with Gasteiger partial charge in [0.05, 0.1) is 4.90 Å². The minimum Gasteiger partial charge on any atom is -0.336 e. The van der Waals surface area contributed by atoms with E-state index in [1.807, 2.05) is 54.6 Å². The highest BCUT2D eigenvalue weighted by Gasteiger charge is 2.31. The fraction of sp³-hybridized carbons (Fsp3) is 0.320. The number of benzene rings is 3. The molecule has 6 heteroatoms. The van der Waals surface area contributed by atoms with Crippen LogP contribution in [0.5, 0.6) is 0 Å². The van der Waals surface area contributed by atoms with Crippen LogP contribution in [-0.2, 0) is 15.4 Å². The van der Waals surface area contributed by atoms with Crippen molar-refractivity contribution in [2.75, 3.05) is 26.2 Å². The van der Waals surface area contributed by atoms with Crippen LogP contribution in [0.1, 0.15) is 36.7 Å². The number of piperazine rings is 1. The van der Waals surface area contributed by atoms with Gasteiger partial charge in [0.15, 0.2) is 0 Å². The largest absolute Gasteiger partial charge is 0.336 e. The maximum atomic E-state index is 13.1. The van der Waals surface area contributed by atoms with Gasteiger partial charge >= 0.3 is 0 Å². The Morgan fingerprint density at radius 1 is 0.806 bits per heavy atom. The highest BCUT2D eigenvalue weighted by Crippen LogP contribution is 2.26. The van der Waals surface area contributed by atoms with Gasteiger partial charge < -0.3 is 4.90 Å². The van der Waals surface area contributed by atoms with Crippen LogP contribution in [-0.4, -0.2) is 49.7 Å². The van der Waals surface area contributed by atoms with E-state index in [0.717, 1.165) is 16.3 Å². The number of amides is 1. The molecule has 0 spiro atoms. The van der Waals surface area contributed by atoms with E-state index >= 15 is 0 Å². The quantitative estimate of drug-likeness (QED) is 0.616. The van der Waals surface area contributed by atoms with Gasteiger partial charge in [-0.3, -0.25) is 4.79 Å². The molecule has 1 aliphatic heterocycles. The van der Waals surface area contributed by atoms with E-state index in [2.05, 4.69) is 20.8 Å². The van der Waals surface area contributed by atoms with Crippen molar-refractivity contribution in [3.05, 3.63) is 77.9 Å². The molecule has 1 fully saturated rings. The summed E-state index contributed by atoms with van der Waals surface area (Å²) in [5.41, 5.74) is 1.72. The molecule has 0 bridgehead atoms. The predicted molar refractivity (Wildman–Crippen MR) is 124 cm³/mol. The molecule has 162 valence electrons. The third-order valence-electron chi connectivity index (χ3n) is 5.90. The lowest BCUT2D eigenvalue weighted by Crippen LogP contribution is -2.50. The third-order valence-corrected chi connectivity index (χ3v) is 7.82. The minimum atomic E-state index is -3.58. The lowest BCUT2D eigenvalue weighted by molar-refractivity contribution is 0.0700. The van der Waals surface area contributed by atoms with Crippen molar-refractivity contribution >= 4 is 26.7 Å². The fourth-order valence-electron chi connectivity index (χ4n) is 3.99. The molecule has 1 saturated heterocycles. The average molecular weight is 437 g/mol. The van der Waals surface area contributed by atoms with Crippen molar-refractivity contribution in [1.29, 1.82) is 0 Å². The molecule has 1 aliphatic rings. The van der Waals surface area contributed by atoms with Crippen LogP contribution in [0.2, 0.25) is 0 Å². The van der Waals surface area contributed by atoms with Crippen LogP contribution in [0.3, 0.4) is 0 Å². The van der Waals surface area contributed by atoms with Crippen molar-refractivity contribution in [1.82, 2.24) is 9.21 Å². The average Bonchev–Trinajstić information content (AvgIpc) is 2.78. The number of nitrogens with zero attached hydrogens (tertiary/aromatic N) is 2. The highest BCUT2D eigenvalue weighted by molar-refractivity contribution is 7.89. The molecule has 3 aromatic rings. The summed E-state index contributed by atoms with van der Waals surface area (Å²) in [6, 6.07) is 20.7. The lowest BCUT2D eigenvalue weighted by Gasteiger charge is -2.34. The zero-order chi connectivity index (χ0) is 22.2. The molecule has 0 saturated carbocycles. The van der Waals surface area contributed by atoms with Crippen molar-refractivity contribution < 1.29 is 13.2 Å². The van der Waals surface area contributed by atoms with Crippen LogP contribution >= 0.6 is 0 Å². The topological polar surface area (TPSA) is 57.7 Å². The number of carbonyl (C=O) groups excluding carboxylic acids is 1. The molecule has 1 heterocycles. The molecular weight excluding hydrogens is 408 g/mol. The molecule has 0 aromatic heterocycles. The summed E-state index contributed by atoms with van der Waals surface area (Å²) < 4.78 is 27.7. The molecule has 0 unspecified atom stereocenters. The molecule has 1 amide bonds. The summed E-state index contributed by atoms with van der Waals surface area (Å²) in [5.74, 6) is -0.0524. The predicted octanol–water partition coefficient (Wildman–Crippen LogP) is 4.28. The Kier molecular flexibility index (Phi) is 5.62. The maximum absolute atomic E-state index is 13.1. The molecule has 5 nitrogen and oxygen atoms in total. The molecule has 0 atom stereocenters. The van der Waals surface area contributed by atoms with Crippen molar-refractivity contribution in [2.45, 2.75) is 31.1 Å². The van der Waals surface area contributed by atoms with E-state index in [1.165, 1.54) is 4.31 Å². The molecule has 4 rings (SSSR count). The van der Waals surface area contributed by atoms with Crippen molar-refractivity contribution in [2.24, 2.45) is 0 Å². The van der Waals surface area contributed by atoms with E-state index in [0.29, 0.717) is 36.6 Å². The monoisotopic (exact) mass is 436 g/mol. The first-order valence-corrected chi connectivity index (χ1v) is 12.0. The highest BCUT2D eigenvalue weighted by atomic mass is 32.2. The molecule has 31 heavy (non-hydrogen) atoms. The van der Waals surface area contributed by atoms with Gasteiger partial charge in [0.2, 0.25) is 10.0 Å². The number of carbonyl (C=O) groups is 1.